The quantitative estimate of drug-likeness (QED) is 0.875. The molecule has 2 rings (SSSR count). The smallest absolute Gasteiger partial charge is 0.246 e. The van der Waals surface area contributed by atoms with Gasteiger partial charge in [0.05, 0.1) is 14.2 Å². The fourth-order valence-electron chi connectivity index (χ4n) is 1.98. The first-order chi connectivity index (χ1) is 10.9. The van der Waals surface area contributed by atoms with Crippen LogP contribution in [-0.2, 0) is 16.6 Å². The molecule has 1 N–H and O–H groups in total. The molecule has 23 heavy (non-hydrogen) atoms. The summed E-state index contributed by atoms with van der Waals surface area (Å²) in [7, 11) is -1.41. The molecular weight excluding hydrogens is 328 g/mol. The Morgan fingerprint density at radius 1 is 1.00 bits per heavy atom. The van der Waals surface area contributed by atoms with Gasteiger partial charge in [-0.25, -0.2) is 21.9 Å². The molecule has 0 saturated carbocycles. The summed E-state index contributed by atoms with van der Waals surface area (Å²) in [6, 6.07) is 7.65. The van der Waals surface area contributed by atoms with Crippen molar-refractivity contribution >= 4 is 10.0 Å². The third-order valence-electron chi connectivity index (χ3n) is 3.10. The highest BCUT2D eigenvalue weighted by Crippen LogP contribution is 2.27. The molecule has 2 aromatic carbocycles. The van der Waals surface area contributed by atoms with E-state index in [2.05, 4.69) is 4.72 Å². The van der Waals surface area contributed by atoms with Crippen LogP contribution in [-0.4, -0.2) is 22.6 Å². The van der Waals surface area contributed by atoms with E-state index in [-0.39, 0.29) is 6.54 Å². The van der Waals surface area contributed by atoms with E-state index >= 15 is 0 Å². The normalized spacial score (nSPS) is 11.3. The van der Waals surface area contributed by atoms with Gasteiger partial charge in [0.1, 0.15) is 11.6 Å². The van der Waals surface area contributed by atoms with Gasteiger partial charge in [-0.1, -0.05) is 12.1 Å². The van der Waals surface area contributed by atoms with Crippen LogP contribution in [0.1, 0.15) is 5.56 Å². The summed E-state index contributed by atoms with van der Waals surface area (Å²) < 4.78 is 63.7. The summed E-state index contributed by atoms with van der Waals surface area (Å²) in [5.41, 5.74) is 0.544. The van der Waals surface area contributed by atoms with Crippen molar-refractivity contribution in [3.8, 4) is 11.5 Å². The predicted molar refractivity (Wildman–Crippen MR) is 79.9 cm³/mol. The number of hydrogen-bond donors (Lipinski definition) is 1. The fourth-order valence-corrected chi connectivity index (χ4v) is 3.13. The minimum absolute atomic E-state index is 0.156. The summed E-state index contributed by atoms with van der Waals surface area (Å²) in [6.07, 6.45) is 0. The first-order valence-corrected chi connectivity index (χ1v) is 8.02. The lowest BCUT2D eigenvalue weighted by molar-refractivity contribution is 0.354. The Bertz CT molecular complexity index is 789. The van der Waals surface area contributed by atoms with Gasteiger partial charge in [0.15, 0.2) is 16.4 Å². The second kappa shape index (κ2) is 6.93. The lowest BCUT2D eigenvalue weighted by atomic mass is 10.2. The number of methoxy groups -OCH3 is 2. The molecule has 0 aliphatic heterocycles. The first-order valence-electron chi connectivity index (χ1n) is 6.53. The molecule has 0 unspecified atom stereocenters. The number of benzene rings is 2. The van der Waals surface area contributed by atoms with Crippen molar-refractivity contribution in [3.05, 3.63) is 53.6 Å². The van der Waals surface area contributed by atoms with Gasteiger partial charge < -0.3 is 9.47 Å². The van der Waals surface area contributed by atoms with Gasteiger partial charge in [-0.2, -0.15) is 0 Å². The van der Waals surface area contributed by atoms with E-state index < -0.39 is 26.6 Å². The highest BCUT2D eigenvalue weighted by atomic mass is 32.2. The Kier molecular flexibility index (Phi) is 5.17. The van der Waals surface area contributed by atoms with E-state index in [1.54, 1.807) is 18.2 Å². The Balaban J connectivity index is 2.23. The molecule has 124 valence electrons. The zero-order valence-corrected chi connectivity index (χ0v) is 13.3. The van der Waals surface area contributed by atoms with Crippen LogP contribution >= 0.6 is 0 Å². The summed E-state index contributed by atoms with van der Waals surface area (Å²) in [4.78, 5) is -1.000. The van der Waals surface area contributed by atoms with Crippen LogP contribution in [0.4, 0.5) is 8.78 Å². The average Bonchev–Trinajstić information content (AvgIpc) is 2.52. The first kappa shape index (κ1) is 17.2. The van der Waals surface area contributed by atoms with E-state index in [1.807, 2.05) is 0 Å². The van der Waals surface area contributed by atoms with E-state index in [4.69, 9.17) is 9.47 Å². The molecule has 0 bridgehead atoms. The maximum Gasteiger partial charge on any atom is 0.246 e. The molecular formula is C15H15F2NO4S. The van der Waals surface area contributed by atoms with Crippen LogP contribution in [0.2, 0.25) is 0 Å². The average molecular weight is 343 g/mol. The summed E-state index contributed by atoms with van der Waals surface area (Å²) in [5.74, 6) is -1.39. The highest BCUT2D eigenvalue weighted by molar-refractivity contribution is 7.89. The molecule has 0 heterocycles. The van der Waals surface area contributed by atoms with Crippen LogP contribution in [0.25, 0.3) is 0 Å². The van der Waals surface area contributed by atoms with Gasteiger partial charge in [-0.05, 0) is 29.8 Å². The molecule has 0 spiro atoms. The van der Waals surface area contributed by atoms with E-state index in [0.29, 0.717) is 17.1 Å². The van der Waals surface area contributed by atoms with E-state index in [1.165, 1.54) is 14.2 Å². The number of rotatable bonds is 6. The standard InChI is InChI=1S/C15H15F2NO4S/c1-21-13-7-6-10(8-14(13)22-2)9-18-23(19,20)15-11(16)4-3-5-12(15)17/h3-8,18H,9H2,1-2H3. The topological polar surface area (TPSA) is 64.6 Å². The summed E-state index contributed by atoms with van der Waals surface area (Å²) >= 11 is 0. The van der Waals surface area contributed by atoms with Crippen molar-refractivity contribution in [2.75, 3.05) is 14.2 Å². The number of halogens is 2. The zero-order valence-electron chi connectivity index (χ0n) is 12.5. The van der Waals surface area contributed by atoms with Crippen LogP contribution in [0.15, 0.2) is 41.3 Å². The summed E-state index contributed by atoms with van der Waals surface area (Å²) in [6.45, 7) is -0.156. The van der Waals surface area contributed by atoms with Crippen LogP contribution in [0.3, 0.4) is 0 Å². The Hall–Kier alpha value is -2.19. The Morgan fingerprint density at radius 2 is 1.61 bits per heavy atom. The maximum absolute atomic E-state index is 13.6. The van der Waals surface area contributed by atoms with Crippen molar-refractivity contribution in [2.45, 2.75) is 11.4 Å². The minimum atomic E-state index is -4.33. The largest absolute Gasteiger partial charge is 0.493 e. The van der Waals surface area contributed by atoms with Gasteiger partial charge in [0, 0.05) is 6.54 Å². The number of nitrogens with one attached hydrogen (secondary N) is 1. The molecule has 0 aromatic heterocycles. The van der Waals surface area contributed by atoms with Crippen molar-refractivity contribution in [1.82, 2.24) is 4.72 Å². The fraction of sp³-hybridized carbons (Fsp3) is 0.200. The molecule has 0 aliphatic rings. The van der Waals surface area contributed by atoms with Gasteiger partial charge in [0.25, 0.3) is 0 Å². The van der Waals surface area contributed by atoms with E-state index in [0.717, 1.165) is 18.2 Å². The molecule has 0 saturated heterocycles. The summed E-state index contributed by atoms with van der Waals surface area (Å²) in [5, 5.41) is 0. The van der Waals surface area contributed by atoms with Crippen molar-refractivity contribution < 1.29 is 26.7 Å². The van der Waals surface area contributed by atoms with E-state index in [9.17, 15) is 17.2 Å². The van der Waals surface area contributed by atoms with Crippen molar-refractivity contribution in [1.29, 1.82) is 0 Å². The van der Waals surface area contributed by atoms with Crippen LogP contribution < -0.4 is 14.2 Å². The van der Waals surface area contributed by atoms with Crippen LogP contribution in [0, 0.1) is 11.6 Å². The maximum atomic E-state index is 13.6. The molecule has 0 fully saturated rings. The third kappa shape index (κ3) is 3.77. The van der Waals surface area contributed by atoms with Gasteiger partial charge in [-0.15, -0.1) is 0 Å². The van der Waals surface area contributed by atoms with Gasteiger partial charge >= 0.3 is 0 Å². The molecule has 5 nitrogen and oxygen atoms in total. The Labute approximate surface area is 132 Å². The lowest BCUT2D eigenvalue weighted by Gasteiger charge is -2.11. The van der Waals surface area contributed by atoms with Crippen molar-refractivity contribution in [3.63, 3.8) is 0 Å². The highest BCUT2D eigenvalue weighted by Gasteiger charge is 2.23. The second-order valence-corrected chi connectivity index (χ2v) is 6.27. The molecule has 0 aliphatic carbocycles. The lowest BCUT2D eigenvalue weighted by Crippen LogP contribution is -2.25. The SMILES string of the molecule is COc1ccc(CNS(=O)(=O)c2c(F)cccc2F)cc1OC. The zero-order chi connectivity index (χ0) is 17.0. The predicted octanol–water partition coefficient (Wildman–Crippen LogP) is 2.46. The molecule has 0 atom stereocenters. The molecule has 2 aromatic rings. The molecule has 8 heteroatoms. The second-order valence-electron chi connectivity index (χ2n) is 4.56. The van der Waals surface area contributed by atoms with Gasteiger partial charge in [-0.3, -0.25) is 0 Å². The number of ether oxygens (including phenoxy) is 2. The third-order valence-corrected chi connectivity index (χ3v) is 4.55. The minimum Gasteiger partial charge on any atom is -0.493 e. The Morgan fingerprint density at radius 3 is 2.17 bits per heavy atom. The molecule has 0 amide bonds. The van der Waals surface area contributed by atoms with Crippen molar-refractivity contribution in [2.24, 2.45) is 0 Å². The number of sulfonamides is 1. The van der Waals surface area contributed by atoms with Gasteiger partial charge in [0.2, 0.25) is 10.0 Å². The monoisotopic (exact) mass is 343 g/mol. The molecule has 0 radical (unpaired) electrons. The number of hydrogen-bond acceptors (Lipinski definition) is 4. The van der Waals surface area contributed by atoms with Crippen LogP contribution in [0.5, 0.6) is 11.5 Å².